The molecule has 0 saturated carbocycles. The minimum absolute atomic E-state index is 0.0225. The molecule has 502 valence electrons. The van der Waals surface area contributed by atoms with Crippen molar-refractivity contribution in [2.75, 3.05) is 98.5 Å². The number of ether oxygens (including phenoxy) is 22. The Morgan fingerprint density at radius 2 is 0.713 bits per heavy atom. The lowest BCUT2D eigenvalue weighted by molar-refractivity contribution is -0.388. The minimum Gasteiger partial charge on any atom is -0.493 e. The van der Waals surface area contributed by atoms with E-state index in [1.54, 1.807) is 62.4 Å². The smallest absolute Gasteiger partial charge is 0.339 e. The zero-order chi connectivity index (χ0) is 67.2. The molecule has 0 aromatic heterocycles. The first-order valence-corrected chi connectivity index (χ1v) is 29.5. The van der Waals surface area contributed by atoms with Crippen molar-refractivity contribution in [3.05, 3.63) is 143 Å². The van der Waals surface area contributed by atoms with Crippen molar-refractivity contribution in [3.63, 3.8) is 0 Å². The number of fused-ring (bicyclic) bond motifs is 2. The number of esters is 4. The van der Waals surface area contributed by atoms with Gasteiger partial charge in [0.25, 0.3) is 0 Å². The van der Waals surface area contributed by atoms with Gasteiger partial charge < -0.3 is 104 Å². The second-order valence-corrected chi connectivity index (χ2v) is 21.7. The minimum atomic E-state index is -1.68. The van der Waals surface area contributed by atoms with Gasteiger partial charge in [0.2, 0.25) is 11.5 Å². The van der Waals surface area contributed by atoms with Crippen LogP contribution in [0.25, 0.3) is 11.1 Å². The van der Waals surface area contributed by atoms with Gasteiger partial charge in [-0.2, -0.15) is 0 Å². The van der Waals surface area contributed by atoms with Gasteiger partial charge in [0.1, 0.15) is 24.4 Å². The van der Waals surface area contributed by atoms with Crippen LogP contribution in [0, 0.1) is 0 Å². The summed E-state index contributed by atoms with van der Waals surface area (Å²) in [4.78, 5) is 61.3. The molecule has 6 aromatic carbocycles. The molecule has 4 fully saturated rings. The van der Waals surface area contributed by atoms with E-state index in [-0.39, 0.29) is 81.5 Å². The molecule has 0 amide bonds. The third kappa shape index (κ3) is 13.0. The Balaban J connectivity index is 1.12. The monoisotopic (exact) mass is 1310 g/mol. The SMILES string of the molecule is COc1ccc(C(=O)O[C@@H]2[C@@H](OC(=O)c3cc(OC)c(OC)c(OC)c3-c3c(C(=O)O[C@H]4[C@@H](OC)O[C@@H]5COC(C)(c6ccccc6)O[C@H]5[C@@H]4OC(=O)c4ccc(OC)c(OC)c4)cc(OC)c(OC)c3OC)[C@@H](OC)O[C@@H]3COC(C)(c4ccccc4)O[C@@H]23)cc1OC. The third-order valence-corrected chi connectivity index (χ3v) is 16.6. The maximum absolute atomic E-state index is 16.0. The van der Waals surface area contributed by atoms with Gasteiger partial charge in [-0.3, -0.25) is 0 Å². The Morgan fingerprint density at radius 1 is 0.372 bits per heavy atom. The van der Waals surface area contributed by atoms with E-state index in [1.807, 2.05) is 12.1 Å². The molecule has 4 saturated heterocycles. The van der Waals surface area contributed by atoms with Gasteiger partial charge in [-0.05, 0) is 62.4 Å². The standard InChI is InChI=1S/C68H74O26/c1-67(37-21-17-15-18-22-37)85-33-47-53(93-67)57(89-61(69)35-25-27-41(73-3)43(29-35)75-5)59(65(83-13)87-47)91-63(71)39-31-45(77-7)51(79-9)55(81-11)49(39)50-40(32-46(78-8)52(80-10)56(50)82-12)64(72)92-60-58(90-62(70)36-26-28-42(74-4)44(30-36)76-6)54-48(88-66(60)84-14)34-86-68(2,94-54)38-23-19-16-20-24-38/h15-32,47-48,53-54,57-60,65-66H,33-34H2,1-14H3/t47-,48-,53-,54-,57+,58+,59-,60-,65+,66+,67?,68?/m1/s1. The number of hydrogen-bond donors (Lipinski definition) is 0. The van der Waals surface area contributed by atoms with Crippen molar-refractivity contribution in [1.29, 1.82) is 0 Å². The van der Waals surface area contributed by atoms with E-state index < -0.39 is 108 Å². The molecule has 0 aliphatic carbocycles. The molecule has 26 nitrogen and oxygen atoms in total. The van der Waals surface area contributed by atoms with E-state index in [0.717, 1.165) is 0 Å². The first kappa shape index (κ1) is 67.8. The molecule has 26 heteroatoms. The van der Waals surface area contributed by atoms with Crippen LogP contribution in [0.2, 0.25) is 0 Å². The molecule has 0 bridgehead atoms. The van der Waals surface area contributed by atoms with Gasteiger partial charge in [0, 0.05) is 36.5 Å². The van der Waals surface area contributed by atoms with Crippen molar-refractivity contribution in [2.45, 2.75) is 86.8 Å². The Kier molecular flexibility index (Phi) is 20.9. The van der Waals surface area contributed by atoms with Crippen LogP contribution in [0.4, 0.5) is 0 Å². The van der Waals surface area contributed by atoms with E-state index in [0.29, 0.717) is 22.6 Å². The second kappa shape index (κ2) is 29.0. The van der Waals surface area contributed by atoms with Crippen LogP contribution in [-0.2, 0) is 68.4 Å². The summed E-state index contributed by atoms with van der Waals surface area (Å²) in [5, 5.41) is 0. The Morgan fingerprint density at radius 3 is 1.03 bits per heavy atom. The summed E-state index contributed by atoms with van der Waals surface area (Å²) in [6, 6.07) is 29.4. The summed E-state index contributed by atoms with van der Waals surface area (Å²) < 4.78 is 135. The van der Waals surface area contributed by atoms with Crippen LogP contribution in [-0.4, -0.2) is 184 Å². The highest BCUT2D eigenvalue weighted by Gasteiger charge is 2.59. The van der Waals surface area contributed by atoms with Gasteiger partial charge >= 0.3 is 23.9 Å². The van der Waals surface area contributed by atoms with Crippen LogP contribution in [0.3, 0.4) is 0 Å². The van der Waals surface area contributed by atoms with E-state index in [4.69, 9.17) is 104 Å². The maximum Gasteiger partial charge on any atom is 0.339 e. The molecule has 12 atom stereocenters. The number of rotatable bonds is 23. The van der Waals surface area contributed by atoms with Crippen LogP contribution in [0.15, 0.2) is 109 Å². The van der Waals surface area contributed by atoms with E-state index in [1.165, 1.54) is 134 Å². The van der Waals surface area contributed by atoms with Crippen LogP contribution >= 0.6 is 0 Å². The van der Waals surface area contributed by atoms with Crippen molar-refractivity contribution >= 4 is 23.9 Å². The average Bonchev–Trinajstić information content (AvgIpc) is 0.751. The third-order valence-electron chi connectivity index (χ3n) is 16.6. The van der Waals surface area contributed by atoms with Gasteiger partial charge in [0.05, 0.1) is 107 Å². The fourth-order valence-corrected chi connectivity index (χ4v) is 11.9. The predicted octanol–water partition coefficient (Wildman–Crippen LogP) is 8.26. The molecule has 4 aliphatic rings. The lowest BCUT2D eigenvalue weighted by atomic mass is 9.91. The number of benzene rings is 6. The first-order chi connectivity index (χ1) is 45.4. The molecular formula is C68H74O26. The highest BCUT2D eigenvalue weighted by molar-refractivity contribution is 6.09. The van der Waals surface area contributed by atoms with Gasteiger partial charge in [-0.25, -0.2) is 19.2 Å². The highest BCUT2D eigenvalue weighted by atomic mass is 16.8. The topological polar surface area (TPSA) is 271 Å². The molecule has 4 aliphatic heterocycles. The predicted molar refractivity (Wildman–Crippen MR) is 328 cm³/mol. The molecule has 94 heavy (non-hydrogen) atoms. The summed E-state index contributed by atoms with van der Waals surface area (Å²) in [6.45, 7) is 3.17. The summed E-state index contributed by atoms with van der Waals surface area (Å²) >= 11 is 0. The number of carbonyl (C=O) groups excluding carboxylic acids is 4. The van der Waals surface area contributed by atoms with Gasteiger partial charge in [0.15, 0.2) is 94.6 Å². The van der Waals surface area contributed by atoms with E-state index in [9.17, 15) is 9.59 Å². The molecule has 10 rings (SSSR count). The highest BCUT2D eigenvalue weighted by Crippen LogP contribution is 2.55. The summed E-state index contributed by atoms with van der Waals surface area (Å²) in [5.74, 6) is -6.75. The quantitative estimate of drug-likeness (QED) is 0.0431. The maximum atomic E-state index is 16.0. The fourth-order valence-electron chi connectivity index (χ4n) is 11.9. The van der Waals surface area contributed by atoms with Crippen LogP contribution < -0.4 is 47.4 Å². The molecule has 0 radical (unpaired) electrons. The Bertz CT molecular complexity index is 3460. The molecular weight excluding hydrogens is 1230 g/mol. The van der Waals surface area contributed by atoms with Crippen molar-refractivity contribution < 1.29 is 123 Å². The molecule has 4 heterocycles. The Hall–Kier alpha value is -9.12. The number of carbonyl (C=O) groups is 4. The molecule has 2 unspecified atom stereocenters. The normalized spacial score (nSPS) is 25.3. The van der Waals surface area contributed by atoms with Crippen LogP contribution in [0.5, 0.6) is 57.5 Å². The van der Waals surface area contributed by atoms with Crippen molar-refractivity contribution in [2.24, 2.45) is 0 Å². The zero-order valence-corrected chi connectivity index (χ0v) is 54.2. The van der Waals surface area contributed by atoms with Gasteiger partial charge in [-0.15, -0.1) is 0 Å². The van der Waals surface area contributed by atoms with Crippen molar-refractivity contribution in [3.8, 4) is 68.6 Å². The summed E-state index contributed by atoms with van der Waals surface area (Å²) in [7, 11) is 16.2. The van der Waals surface area contributed by atoms with Crippen LogP contribution in [0.1, 0.15) is 66.4 Å². The number of hydrogen-bond acceptors (Lipinski definition) is 26. The fraction of sp³-hybridized carbons (Fsp3) is 0.412. The molecule has 0 N–H and O–H groups in total. The lowest BCUT2D eigenvalue weighted by Gasteiger charge is -2.50. The van der Waals surface area contributed by atoms with Crippen molar-refractivity contribution in [1.82, 2.24) is 0 Å². The van der Waals surface area contributed by atoms with Gasteiger partial charge in [-0.1, -0.05) is 60.7 Å². The summed E-state index contributed by atoms with van der Waals surface area (Å²) in [5.41, 5.74) is -0.0297. The number of methoxy groups -OCH3 is 12. The first-order valence-electron chi connectivity index (χ1n) is 29.5. The Labute approximate surface area is 542 Å². The molecule has 6 aromatic rings. The second-order valence-electron chi connectivity index (χ2n) is 21.7. The van der Waals surface area contributed by atoms with E-state index in [2.05, 4.69) is 0 Å². The lowest BCUT2D eigenvalue weighted by Crippen LogP contribution is -2.66. The zero-order valence-electron chi connectivity index (χ0n) is 54.2. The molecule has 0 spiro atoms. The largest absolute Gasteiger partial charge is 0.493 e. The summed E-state index contributed by atoms with van der Waals surface area (Å²) in [6.07, 6.45) is -13.9. The van der Waals surface area contributed by atoms with E-state index >= 15 is 9.59 Å². The average molecular weight is 1310 g/mol.